The van der Waals surface area contributed by atoms with E-state index in [4.69, 9.17) is 4.74 Å². The van der Waals surface area contributed by atoms with Gasteiger partial charge in [0.05, 0.1) is 11.9 Å². The molecule has 23 heavy (non-hydrogen) atoms. The number of amides is 1. The van der Waals surface area contributed by atoms with Gasteiger partial charge in [-0.05, 0) is 37.1 Å². The number of carbonyl (C=O) groups is 1. The molecule has 0 radical (unpaired) electrons. The zero-order chi connectivity index (χ0) is 16.5. The first-order chi connectivity index (χ1) is 11.1. The normalized spacial score (nSPS) is 18.0. The molecule has 5 nitrogen and oxygen atoms in total. The lowest BCUT2D eigenvalue weighted by Gasteiger charge is -2.10. The Labute approximate surface area is 142 Å². The maximum absolute atomic E-state index is 11.9. The van der Waals surface area contributed by atoms with Gasteiger partial charge in [-0.25, -0.2) is 8.42 Å². The van der Waals surface area contributed by atoms with Crippen molar-refractivity contribution in [3.63, 3.8) is 0 Å². The molecule has 1 N–H and O–H groups in total. The highest BCUT2D eigenvalue weighted by atomic mass is 32.2. The van der Waals surface area contributed by atoms with E-state index in [0.29, 0.717) is 13.2 Å². The fourth-order valence-electron chi connectivity index (χ4n) is 2.38. The van der Waals surface area contributed by atoms with Gasteiger partial charge < -0.3 is 10.1 Å². The number of hydrogen-bond acceptors (Lipinski definition) is 5. The van der Waals surface area contributed by atoms with Crippen molar-refractivity contribution in [3.05, 3.63) is 30.3 Å². The molecule has 1 fully saturated rings. The summed E-state index contributed by atoms with van der Waals surface area (Å²) in [5.41, 5.74) is 0. The summed E-state index contributed by atoms with van der Waals surface area (Å²) in [7, 11) is -3.39. The summed E-state index contributed by atoms with van der Waals surface area (Å²) in [5.74, 6) is -0.0386. The van der Waals surface area contributed by atoms with Gasteiger partial charge in [-0.15, -0.1) is 11.8 Å². The van der Waals surface area contributed by atoms with Crippen LogP contribution in [0.4, 0.5) is 0 Å². The number of benzene rings is 1. The highest BCUT2D eigenvalue weighted by molar-refractivity contribution is 7.99. The molecule has 1 aliphatic heterocycles. The summed E-state index contributed by atoms with van der Waals surface area (Å²) in [6.45, 7) is 1.11. The van der Waals surface area contributed by atoms with Crippen LogP contribution in [0.5, 0.6) is 0 Å². The molecule has 1 amide bonds. The monoisotopic (exact) mass is 357 g/mol. The van der Waals surface area contributed by atoms with Crippen LogP contribution in [0.3, 0.4) is 0 Å². The Morgan fingerprint density at radius 3 is 2.78 bits per heavy atom. The smallest absolute Gasteiger partial charge is 0.235 e. The van der Waals surface area contributed by atoms with Crippen LogP contribution in [0.25, 0.3) is 0 Å². The summed E-state index contributed by atoms with van der Waals surface area (Å²) in [5, 5.41) is 2.68. The molecule has 0 saturated carbocycles. The molecule has 1 heterocycles. The van der Waals surface area contributed by atoms with Crippen LogP contribution in [0, 0.1) is 0 Å². The first kappa shape index (κ1) is 18.3. The van der Waals surface area contributed by atoms with Crippen molar-refractivity contribution >= 4 is 27.5 Å². The Balaban J connectivity index is 1.59. The maximum atomic E-state index is 11.9. The molecule has 1 atom stereocenters. The first-order valence-electron chi connectivity index (χ1n) is 7.82. The van der Waals surface area contributed by atoms with Gasteiger partial charge in [-0.2, -0.15) is 0 Å². The second-order valence-corrected chi connectivity index (χ2v) is 8.83. The summed E-state index contributed by atoms with van der Waals surface area (Å²) in [6, 6.07) is 10.0. The number of ether oxygens (including phenoxy) is 1. The Morgan fingerprint density at radius 2 is 2.09 bits per heavy atom. The van der Waals surface area contributed by atoms with E-state index in [0.717, 1.165) is 25.0 Å². The van der Waals surface area contributed by atoms with Crippen LogP contribution < -0.4 is 5.32 Å². The topological polar surface area (TPSA) is 72.5 Å². The lowest BCUT2D eigenvalue weighted by atomic mass is 10.3. The van der Waals surface area contributed by atoms with E-state index in [1.165, 1.54) is 4.90 Å². The van der Waals surface area contributed by atoms with E-state index in [1.807, 2.05) is 30.3 Å². The molecule has 1 aromatic carbocycles. The molecular weight excluding hydrogens is 334 g/mol. The molecule has 0 aromatic heterocycles. The van der Waals surface area contributed by atoms with Gasteiger partial charge in [0.25, 0.3) is 0 Å². The molecule has 1 saturated heterocycles. The van der Waals surface area contributed by atoms with Gasteiger partial charge in [0, 0.05) is 18.0 Å². The Bertz CT molecular complexity index is 583. The van der Waals surface area contributed by atoms with Crippen molar-refractivity contribution in [2.75, 3.05) is 30.4 Å². The number of sulfone groups is 1. The molecule has 1 unspecified atom stereocenters. The minimum absolute atomic E-state index is 0.0513. The van der Waals surface area contributed by atoms with Crippen molar-refractivity contribution < 1.29 is 17.9 Å². The Hall–Kier alpha value is -1.05. The van der Waals surface area contributed by atoms with E-state index in [9.17, 15) is 13.2 Å². The minimum Gasteiger partial charge on any atom is -0.377 e. The SMILES string of the molecule is O=C(CS(=O)(=O)CC1CCCO1)NCCCSc1ccccc1. The third-order valence-corrected chi connectivity index (χ3v) is 6.15. The zero-order valence-electron chi connectivity index (χ0n) is 13.1. The summed E-state index contributed by atoms with van der Waals surface area (Å²) in [4.78, 5) is 12.9. The van der Waals surface area contributed by atoms with Crippen molar-refractivity contribution in [1.29, 1.82) is 0 Å². The lowest BCUT2D eigenvalue weighted by Crippen LogP contribution is -2.34. The van der Waals surface area contributed by atoms with Crippen LogP contribution in [0.15, 0.2) is 35.2 Å². The van der Waals surface area contributed by atoms with Gasteiger partial charge in [0.15, 0.2) is 9.84 Å². The largest absolute Gasteiger partial charge is 0.377 e. The molecule has 1 aromatic rings. The molecule has 0 bridgehead atoms. The second-order valence-electron chi connectivity index (χ2n) is 5.55. The van der Waals surface area contributed by atoms with E-state index in [2.05, 4.69) is 5.32 Å². The molecular formula is C16H23NO4S2. The van der Waals surface area contributed by atoms with Gasteiger partial charge in [-0.3, -0.25) is 4.79 Å². The van der Waals surface area contributed by atoms with E-state index < -0.39 is 21.5 Å². The van der Waals surface area contributed by atoms with Crippen molar-refractivity contribution in [1.82, 2.24) is 5.32 Å². The average Bonchev–Trinajstić information content (AvgIpc) is 2.99. The molecule has 1 aliphatic rings. The quantitative estimate of drug-likeness (QED) is 0.540. The van der Waals surface area contributed by atoms with Crippen molar-refractivity contribution in [2.24, 2.45) is 0 Å². The van der Waals surface area contributed by atoms with Crippen LogP contribution in [0.2, 0.25) is 0 Å². The first-order valence-corrected chi connectivity index (χ1v) is 10.6. The summed E-state index contributed by atoms with van der Waals surface area (Å²) in [6.07, 6.45) is 2.22. The third kappa shape index (κ3) is 7.37. The van der Waals surface area contributed by atoms with E-state index in [-0.39, 0.29) is 11.9 Å². The molecule has 0 aliphatic carbocycles. The predicted octanol–water partition coefficient (Wildman–Crippen LogP) is 1.88. The standard InChI is InChI=1S/C16H23NO4S2/c18-16(13-23(19,20)12-14-6-4-10-21-14)17-9-5-11-22-15-7-2-1-3-8-15/h1-3,7-8,14H,4-6,9-13H2,(H,17,18). The third-order valence-electron chi connectivity index (χ3n) is 3.47. The van der Waals surface area contributed by atoms with E-state index >= 15 is 0 Å². The number of thioether (sulfide) groups is 1. The molecule has 2 rings (SSSR count). The summed E-state index contributed by atoms with van der Waals surface area (Å²) < 4.78 is 29.2. The summed E-state index contributed by atoms with van der Waals surface area (Å²) >= 11 is 1.72. The van der Waals surface area contributed by atoms with Crippen molar-refractivity contribution in [2.45, 2.75) is 30.3 Å². The number of nitrogens with one attached hydrogen (secondary N) is 1. The highest BCUT2D eigenvalue weighted by Crippen LogP contribution is 2.17. The van der Waals surface area contributed by atoms with Crippen LogP contribution in [-0.2, 0) is 19.4 Å². The van der Waals surface area contributed by atoms with Gasteiger partial charge in [0.2, 0.25) is 5.91 Å². The van der Waals surface area contributed by atoms with E-state index in [1.54, 1.807) is 11.8 Å². The minimum atomic E-state index is -3.39. The van der Waals surface area contributed by atoms with Gasteiger partial charge >= 0.3 is 0 Å². The highest BCUT2D eigenvalue weighted by Gasteiger charge is 2.25. The Morgan fingerprint density at radius 1 is 1.30 bits per heavy atom. The van der Waals surface area contributed by atoms with Crippen LogP contribution in [-0.4, -0.2) is 50.8 Å². The molecule has 0 spiro atoms. The second kappa shape index (κ2) is 9.30. The number of carbonyl (C=O) groups excluding carboxylic acids is 1. The Kier molecular flexibility index (Phi) is 7.39. The van der Waals surface area contributed by atoms with Crippen LogP contribution in [0.1, 0.15) is 19.3 Å². The number of rotatable bonds is 9. The fraction of sp³-hybridized carbons (Fsp3) is 0.562. The van der Waals surface area contributed by atoms with Crippen molar-refractivity contribution in [3.8, 4) is 0 Å². The zero-order valence-corrected chi connectivity index (χ0v) is 14.7. The predicted molar refractivity (Wildman–Crippen MR) is 92.4 cm³/mol. The number of hydrogen-bond donors (Lipinski definition) is 1. The van der Waals surface area contributed by atoms with Gasteiger partial charge in [0.1, 0.15) is 5.75 Å². The fourth-order valence-corrected chi connectivity index (χ4v) is 4.70. The lowest BCUT2D eigenvalue weighted by molar-refractivity contribution is -0.118. The molecule has 7 heteroatoms. The maximum Gasteiger partial charge on any atom is 0.235 e. The average molecular weight is 357 g/mol. The van der Waals surface area contributed by atoms with Crippen LogP contribution >= 0.6 is 11.8 Å². The van der Waals surface area contributed by atoms with Gasteiger partial charge in [-0.1, -0.05) is 18.2 Å². The molecule has 128 valence electrons.